The lowest BCUT2D eigenvalue weighted by Gasteiger charge is -2.22. The first-order chi connectivity index (χ1) is 16.1. The van der Waals surface area contributed by atoms with Crippen molar-refractivity contribution in [3.63, 3.8) is 0 Å². The summed E-state index contributed by atoms with van der Waals surface area (Å²) in [5, 5.41) is 24.3. The first-order valence-corrected chi connectivity index (χ1v) is 11.1. The molecule has 0 unspecified atom stereocenters. The summed E-state index contributed by atoms with van der Waals surface area (Å²) >= 11 is 0. The number of aromatic nitrogens is 3. The average molecular weight is 449 g/mol. The van der Waals surface area contributed by atoms with Crippen LogP contribution in [0.4, 0.5) is 17.3 Å². The van der Waals surface area contributed by atoms with Crippen LogP contribution >= 0.6 is 0 Å². The van der Waals surface area contributed by atoms with Crippen LogP contribution in [-0.4, -0.2) is 63.9 Å². The van der Waals surface area contributed by atoms with Crippen molar-refractivity contribution in [3.05, 3.63) is 59.8 Å². The molecular weight excluding hydrogens is 420 g/mol. The average Bonchev–Trinajstić information content (AvgIpc) is 3.05. The van der Waals surface area contributed by atoms with Gasteiger partial charge in [0.2, 0.25) is 0 Å². The van der Waals surface area contributed by atoms with Gasteiger partial charge in [0.05, 0.1) is 13.0 Å². The number of fused-ring (bicyclic) bond motifs is 1. The van der Waals surface area contributed by atoms with Crippen molar-refractivity contribution in [3.8, 4) is 11.5 Å². The van der Waals surface area contributed by atoms with Crippen LogP contribution in [-0.2, 0) is 17.6 Å². The Kier molecular flexibility index (Phi) is 7.31. The number of carbonyl (C=O) groups is 1. The summed E-state index contributed by atoms with van der Waals surface area (Å²) in [4.78, 5) is 27.0. The van der Waals surface area contributed by atoms with E-state index in [1.807, 2.05) is 18.2 Å². The molecule has 9 nitrogen and oxygen atoms in total. The van der Waals surface area contributed by atoms with Crippen LogP contribution in [0.1, 0.15) is 17.5 Å². The zero-order valence-electron chi connectivity index (χ0n) is 18.4. The Morgan fingerprint density at radius 3 is 2.45 bits per heavy atom. The van der Waals surface area contributed by atoms with E-state index in [0.717, 1.165) is 37.4 Å². The topological polar surface area (TPSA) is 124 Å². The minimum Gasteiger partial charge on any atom is -0.481 e. The highest BCUT2D eigenvalue weighted by molar-refractivity contribution is 5.68. The molecule has 172 valence electrons. The first kappa shape index (κ1) is 22.5. The second-order valence-electron chi connectivity index (χ2n) is 7.84. The summed E-state index contributed by atoms with van der Waals surface area (Å²) in [5.74, 6) is 0.932. The van der Waals surface area contributed by atoms with Gasteiger partial charge in [0.1, 0.15) is 17.3 Å². The van der Waals surface area contributed by atoms with Gasteiger partial charge in [-0.3, -0.25) is 9.78 Å². The largest absolute Gasteiger partial charge is 0.481 e. The number of anilines is 3. The van der Waals surface area contributed by atoms with E-state index in [4.69, 9.17) is 15.2 Å². The van der Waals surface area contributed by atoms with E-state index in [-0.39, 0.29) is 19.6 Å². The molecular formula is C24H28N6O3. The van der Waals surface area contributed by atoms with E-state index >= 15 is 0 Å². The molecule has 0 aliphatic carbocycles. The molecule has 2 aromatic heterocycles. The van der Waals surface area contributed by atoms with E-state index < -0.39 is 5.97 Å². The number of aliphatic hydroxyl groups excluding tert-OH is 1. The number of hydrogen-bond donors (Lipinski definition) is 4. The fourth-order valence-corrected chi connectivity index (χ4v) is 3.86. The van der Waals surface area contributed by atoms with Crippen LogP contribution < -0.4 is 15.5 Å². The van der Waals surface area contributed by atoms with Crippen molar-refractivity contribution in [2.45, 2.75) is 19.3 Å². The summed E-state index contributed by atoms with van der Waals surface area (Å²) in [5.41, 5.74) is 4.13. The molecule has 0 bridgehead atoms. The van der Waals surface area contributed by atoms with Crippen LogP contribution in [0.25, 0.3) is 11.5 Å². The zero-order valence-corrected chi connectivity index (χ0v) is 18.4. The van der Waals surface area contributed by atoms with Gasteiger partial charge in [0.15, 0.2) is 5.82 Å². The van der Waals surface area contributed by atoms with Gasteiger partial charge >= 0.3 is 5.97 Å². The number of hydrogen-bond acceptors (Lipinski definition) is 8. The molecule has 3 aromatic rings. The number of nitrogens with one attached hydrogen (secondary N) is 2. The third-order valence-corrected chi connectivity index (χ3v) is 5.53. The van der Waals surface area contributed by atoms with Gasteiger partial charge in [-0.25, -0.2) is 9.97 Å². The molecule has 0 radical (unpaired) electrons. The molecule has 1 aromatic carbocycles. The van der Waals surface area contributed by atoms with Gasteiger partial charge in [-0.1, -0.05) is 24.3 Å². The molecule has 9 heteroatoms. The van der Waals surface area contributed by atoms with Crippen LogP contribution in [0.3, 0.4) is 0 Å². The van der Waals surface area contributed by atoms with Crippen molar-refractivity contribution in [2.75, 3.05) is 48.3 Å². The van der Waals surface area contributed by atoms with Gasteiger partial charge in [-0.15, -0.1) is 0 Å². The van der Waals surface area contributed by atoms with Crippen LogP contribution in [0.15, 0.2) is 48.7 Å². The van der Waals surface area contributed by atoms with E-state index in [9.17, 15) is 4.79 Å². The second-order valence-corrected chi connectivity index (χ2v) is 7.84. The van der Waals surface area contributed by atoms with Gasteiger partial charge < -0.3 is 25.7 Å². The van der Waals surface area contributed by atoms with Crippen molar-refractivity contribution < 1.29 is 15.0 Å². The molecule has 0 atom stereocenters. The minimum absolute atomic E-state index is 0.00743. The highest BCUT2D eigenvalue weighted by Crippen LogP contribution is 2.25. The molecule has 4 rings (SSSR count). The first-order valence-electron chi connectivity index (χ1n) is 11.1. The number of aliphatic carboxylic acids is 1. The van der Waals surface area contributed by atoms with E-state index in [1.165, 1.54) is 11.1 Å². The molecule has 0 saturated heterocycles. The number of carboxylic acid groups (broad SMARTS) is 1. The summed E-state index contributed by atoms with van der Waals surface area (Å²) in [6.07, 6.45) is 3.52. The Bertz CT molecular complexity index is 1080. The van der Waals surface area contributed by atoms with Crippen molar-refractivity contribution >= 4 is 23.3 Å². The summed E-state index contributed by atoms with van der Waals surface area (Å²) in [7, 11) is 0. The van der Waals surface area contributed by atoms with Crippen LogP contribution in [0, 0.1) is 0 Å². The predicted octanol–water partition coefficient (Wildman–Crippen LogP) is 2.43. The number of benzene rings is 1. The Morgan fingerprint density at radius 2 is 1.76 bits per heavy atom. The smallest absolute Gasteiger partial charge is 0.305 e. The van der Waals surface area contributed by atoms with E-state index in [0.29, 0.717) is 23.9 Å². The lowest BCUT2D eigenvalue weighted by molar-refractivity contribution is -0.136. The molecule has 1 aliphatic rings. The quantitative estimate of drug-likeness (QED) is 0.391. The van der Waals surface area contributed by atoms with Crippen molar-refractivity contribution in [1.29, 1.82) is 0 Å². The molecule has 0 amide bonds. The van der Waals surface area contributed by atoms with Gasteiger partial charge in [0.25, 0.3) is 0 Å². The molecule has 0 saturated carbocycles. The molecule has 4 N–H and O–H groups in total. The van der Waals surface area contributed by atoms with Gasteiger partial charge in [-0.05, 0) is 36.1 Å². The number of aliphatic hydroxyl groups is 1. The van der Waals surface area contributed by atoms with Crippen LogP contribution in [0.5, 0.6) is 0 Å². The fourth-order valence-electron chi connectivity index (χ4n) is 3.86. The van der Waals surface area contributed by atoms with E-state index in [1.54, 1.807) is 6.20 Å². The third-order valence-electron chi connectivity index (χ3n) is 5.53. The molecule has 1 aliphatic heterocycles. The monoisotopic (exact) mass is 448 g/mol. The number of carboxylic acids is 1. The molecule has 0 spiro atoms. The SMILES string of the molecule is O=C(O)CCNc1cc(N2CCc3ccccc3CC2)nc(-c2cc(NCCO)ccn2)n1. The maximum absolute atomic E-state index is 10.9. The highest BCUT2D eigenvalue weighted by Gasteiger charge is 2.18. The molecule has 0 fully saturated rings. The van der Waals surface area contributed by atoms with Crippen molar-refractivity contribution in [1.82, 2.24) is 15.0 Å². The fraction of sp³-hybridized carbons (Fsp3) is 0.333. The standard InChI is InChI=1S/C24H28N6O3/c31-14-11-25-19-5-9-26-20(15-19)24-28-21(27-10-6-23(32)33)16-22(29-24)30-12-7-17-3-1-2-4-18(17)8-13-30/h1-5,9,15-16,31H,6-8,10-14H2,(H,25,26)(H,32,33)(H,27,28,29). The zero-order chi connectivity index (χ0) is 23.0. The number of pyridine rings is 1. The summed E-state index contributed by atoms with van der Waals surface area (Å²) in [6, 6.07) is 14.0. The Balaban J connectivity index is 1.63. The summed E-state index contributed by atoms with van der Waals surface area (Å²) in [6.45, 7) is 2.38. The summed E-state index contributed by atoms with van der Waals surface area (Å²) < 4.78 is 0. The molecule has 3 heterocycles. The maximum atomic E-state index is 10.9. The third kappa shape index (κ3) is 5.95. The van der Waals surface area contributed by atoms with Gasteiger partial charge in [-0.2, -0.15) is 0 Å². The number of rotatable bonds is 9. The lowest BCUT2D eigenvalue weighted by atomic mass is 10.0. The molecule has 33 heavy (non-hydrogen) atoms. The highest BCUT2D eigenvalue weighted by atomic mass is 16.4. The predicted molar refractivity (Wildman–Crippen MR) is 128 cm³/mol. The Labute approximate surface area is 192 Å². The van der Waals surface area contributed by atoms with Gasteiger partial charge in [0, 0.05) is 44.1 Å². The lowest BCUT2D eigenvalue weighted by Crippen LogP contribution is -2.27. The maximum Gasteiger partial charge on any atom is 0.305 e. The van der Waals surface area contributed by atoms with E-state index in [2.05, 4.69) is 49.8 Å². The Hall–Kier alpha value is -3.72. The minimum atomic E-state index is -0.869. The van der Waals surface area contributed by atoms with Crippen LogP contribution in [0.2, 0.25) is 0 Å². The normalized spacial score (nSPS) is 13.2. The van der Waals surface area contributed by atoms with Crippen molar-refractivity contribution in [2.24, 2.45) is 0 Å². The Morgan fingerprint density at radius 1 is 1.00 bits per heavy atom. The number of nitrogens with zero attached hydrogens (tertiary/aromatic N) is 4. The second kappa shape index (κ2) is 10.7.